The molecule has 2 aromatic heterocycles. The van der Waals surface area contributed by atoms with Gasteiger partial charge in [0.2, 0.25) is 0 Å². The third-order valence-corrected chi connectivity index (χ3v) is 2.83. The standard InChI is InChI=1S/C13H12N4/c1-17-11-5-3-2-4-10(11)16-13(17)9-6-7-15-12(14)8-9/h2-8H,1H3,(H2,14,15). The maximum Gasteiger partial charge on any atom is 0.141 e. The fourth-order valence-corrected chi connectivity index (χ4v) is 1.99. The van der Waals surface area contributed by atoms with Gasteiger partial charge in [0.05, 0.1) is 11.0 Å². The van der Waals surface area contributed by atoms with Crippen LogP contribution in [-0.2, 0) is 7.05 Å². The molecule has 0 aliphatic heterocycles. The molecule has 2 N–H and O–H groups in total. The molecular formula is C13H12N4. The summed E-state index contributed by atoms with van der Waals surface area (Å²) in [5.41, 5.74) is 8.77. The normalized spacial score (nSPS) is 10.9. The van der Waals surface area contributed by atoms with E-state index in [9.17, 15) is 0 Å². The van der Waals surface area contributed by atoms with Gasteiger partial charge in [0.1, 0.15) is 11.6 Å². The zero-order valence-corrected chi connectivity index (χ0v) is 9.46. The van der Waals surface area contributed by atoms with Crippen molar-refractivity contribution in [2.24, 2.45) is 7.05 Å². The van der Waals surface area contributed by atoms with Crippen molar-refractivity contribution in [1.82, 2.24) is 14.5 Å². The molecule has 0 radical (unpaired) electrons. The average molecular weight is 224 g/mol. The summed E-state index contributed by atoms with van der Waals surface area (Å²) in [6, 6.07) is 11.8. The van der Waals surface area contributed by atoms with Gasteiger partial charge < -0.3 is 10.3 Å². The van der Waals surface area contributed by atoms with Crippen LogP contribution in [0.2, 0.25) is 0 Å². The summed E-state index contributed by atoms with van der Waals surface area (Å²) in [7, 11) is 2.00. The molecule has 4 heteroatoms. The lowest BCUT2D eigenvalue weighted by Crippen LogP contribution is -1.95. The molecule has 0 saturated carbocycles. The second kappa shape index (κ2) is 3.59. The number of anilines is 1. The maximum atomic E-state index is 5.69. The quantitative estimate of drug-likeness (QED) is 0.689. The first kappa shape index (κ1) is 9.84. The van der Waals surface area contributed by atoms with E-state index in [0.29, 0.717) is 5.82 Å². The Morgan fingerprint density at radius 1 is 1.18 bits per heavy atom. The first-order chi connectivity index (χ1) is 8.25. The number of aryl methyl sites for hydroxylation is 1. The molecule has 17 heavy (non-hydrogen) atoms. The highest BCUT2D eigenvalue weighted by Gasteiger charge is 2.09. The molecule has 0 bridgehead atoms. The number of hydrogen-bond donors (Lipinski definition) is 1. The second-order valence-electron chi connectivity index (χ2n) is 3.95. The lowest BCUT2D eigenvalue weighted by atomic mass is 10.2. The Balaban J connectivity index is 2.27. The molecule has 0 atom stereocenters. The van der Waals surface area contributed by atoms with Gasteiger partial charge in [-0.1, -0.05) is 12.1 Å². The lowest BCUT2D eigenvalue weighted by molar-refractivity contribution is 0.959. The third kappa shape index (κ3) is 1.54. The van der Waals surface area contributed by atoms with Gasteiger partial charge in [0.25, 0.3) is 0 Å². The van der Waals surface area contributed by atoms with E-state index in [4.69, 9.17) is 5.73 Å². The molecular weight excluding hydrogens is 212 g/mol. The monoisotopic (exact) mass is 224 g/mol. The van der Waals surface area contributed by atoms with Crippen LogP contribution in [0.3, 0.4) is 0 Å². The lowest BCUT2D eigenvalue weighted by Gasteiger charge is -2.02. The van der Waals surface area contributed by atoms with Crippen LogP contribution in [0.1, 0.15) is 0 Å². The zero-order chi connectivity index (χ0) is 11.8. The van der Waals surface area contributed by atoms with E-state index in [1.165, 1.54) is 0 Å². The molecule has 84 valence electrons. The summed E-state index contributed by atoms with van der Waals surface area (Å²) in [5.74, 6) is 1.41. The van der Waals surface area contributed by atoms with Gasteiger partial charge in [-0.15, -0.1) is 0 Å². The van der Waals surface area contributed by atoms with Crippen LogP contribution in [0.15, 0.2) is 42.6 Å². The molecule has 0 unspecified atom stereocenters. The number of rotatable bonds is 1. The van der Waals surface area contributed by atoms with Gasteiger partial charge in [-0.2, -0.15) is 0 Å². The van der Waals surface area contributed by atoms with E-state index < -0.39 is 0 Å². The largest absolute Gasteiger partial charge is 0.384 e. The summed E-state index contributed by atoms with van der Waals surface area (Å²) in [6.07, 6.45) is 1.70. The highest BCUT2D eigenvalue weighted by molar-refractivity contribution is 5.80. The second-order valence-corrected chi connectivity index (χ2v) is 3.95. The zero-order valence-electron chi connectivity index (χ0n) is 9.46. The minimum Gasteiger partial charge on any atom is -0.384 e. The van der Waals surface area contributed by atoms with Crippen molar-refractivity contribution in [1.29, 1.82) is 0 Å². The number of nitrogen functional groups attached to an aromatic ring is 1. The number of imidazole rings is 1. The topological polar surface area (TPSA) is 56.7 Å². The maximum absolute atomic E-state index is 5.69. The number of pyridine rings is 1. The molecule has 3 aromatic rings. The minimum absolute atomic E-state index is 0.509. The van der Waals surface area contributed by atoms with Crippen molar-refractivity contribution in [3.63, 3.8) is 0 Å². The Morgan fingerprint density at radius 3 is 2.76 bits per heavy atom. The van der Waals surface area contributed by atoms with E-state index in [1.54, 1.807) is 6.20 Å². The highest BCUT2D eigenvalue weighted by Crippen LogP contribution is 2.23. The van der Waals surface area contributed by atoms with E-state index in [-0.39, 0.29) is 0 Å². The van der Waals surface area contributed by atoms with Gasteiger partial charge in [0.15, 0.2) is 0 Å². The van der Waals surface area contributed by atoms with Crippen molar-refractivity contribution >= 4 is 16.9 Å². The molecule has 3 rings (SSSR count). The van der Waals surface area contributed by atoms with Crippen molar-refractivity contribution in [3.8, 4) is 11.4 Å². The summed E-state index contributed by atoms with van der Waals surface area (Å²) in [5, 5.41) is 0. The Hall–Kier alpha value is -2.36. The molecule has 4 nitrogen and oxygen atoms in total. The summed E-state index contributed by atoms with van der Waals surface area (Å²) < 4.78 is 2.06. The summed E-state index contributed by atoms with van der Waals surface area (Å²) in [4.78, 5) is 8.59. The number of nitrogens with zero attached hydrogens (tertiary/aromatic N) is 3. The van der Waals surface area contributed by atoms with Crippen molar-refractivity contribution in [3.05, 3.63) is 42.6 Å². The van der Waals surface area contributed by atoms with E-state index >= 15 is 0 Å². The van der Waals surface area contributed by atoms with Crippen molar-refractivity contribution < 1.29 is 0 Å². The Labute approximate surface area is 98.7 Å². The average Bonchev–Trinajstić information content (AvgIpc) is 2.68. The van der Waals surface area contributed by atoms with Crippen LogP contribution < -0.4 is 5.73 Å². The Kier molecular flexibility index (Phi) is 2.08. The number of benzene rings is 1. The number of para-hydroxylation sites is 2. The fraction of sp³-hybridized carbons (Fsp3) is 0.0769. The number of nitrogens with two attached hydrogens (primary N) is 1. The Morgan fingerprint density at radius 2 is 2.00 bits per heavy atom. The van der Waals surface area contributed by atoms with Crippen molar-refractivity contribution in [2.75, 3.05) is 5.73 Å². The Bertz CT molecular complexity index is 685. The van der Waals surface area contributed by atoms with Crippen LogP contribution in [0.25, 0.3) is 22.4 Å². The van der Waals surface area contributed by atoms with Gasteiger partial charge >= 0.3 is 0 Å². The van der Waals surface area contributed by atoms with Gasteiger partial charge in [-0.05, 0) is 24.3 Å². The third-order valence-electron chi connectivity index (χ3n) is 2.83. The first-order valence-corrected chi connectivity index (χ1v) is 5.39. The number of fused-ring (bicyclic) bond motifs is 1. The predicted octanol–water partition coefficient (Wildman–Crippen LogP) is 2.22. The smallest absolute Gasteiger partial charge is 0.141 e. The van der Waals surface area contributed by atoms with E-state index in [1.807, 2.05) is 37.4 Å². The van der Waals surface area contributed by atoms with Gasteiger partial charge in [0, 0.05) is 18.8 Å². The highest BCUT2D eigenvalue weighted by atomic mass is 15.1. The van der Waals surface area contributed by atoms with Crippen LogP contribution in [0.4, 0.5) is 5.82 Å². The first-order valence-electron chi connectivity index (χ1n) is 5.39. The molecule has 0 spiro atoms. The molecule has 0 saturated heterocycles. The minimum atomic E-state index is 0.509. The molecule has 0 fully saturated rings. The molecule has 2 heterocycles. The molecule has 0 aliphatic rings. The van der Waals surface area contributed by atoms with Crippen LogP contribution in [-0.4, -0.2) is 14.5 Å². The van der Waals surface area contributed by atoms with Crippen LogP contribution >= 0.6 is 0 Å². The fourth-order valence-electron chi connectivity index (χ4n) is 1.99. The molecule has 0 aliphatic carbocycles. The van der Waals surface area contributed by atoms with Gasteiger partial charge in [-0.25, -0.2) is 9.97 Å². The number of aromatic nitrogens is 3. The van der Waals surface area contributed by atoms with Crippen molar-refractivity contribution in [2.45, 2.75) is 0 Å². The van der Waals surface area contributed by atoms with E-state index in [2.05, 4.69) is 20.6 Å². The number of hydrogen-bond acceptors (Lipinski definition) is 3. The summed E-state index contributed by atoms with van der Waals surface area (Å²) >= 11 is 0. The predicted molar refractivity (Wildman–Crippen MR) is 68.4 cm³/mol. The summed E-state index contributed by atoms with van der Waals surface area (Å²) in [6.45, 7) is 0. The molecule has 1 aromatic carbocycles. The van der Waals surface area contributed by atoms with E-state index in [0.717, 1.165) is 22.4 Å². The van der Waals surface area contributed by atoms with Gasteiger partial charge in [-0.3, -0.25) is 0 Å². The van der Waals surface area contributed by atoms with Crippen LogP contribution in [0, 0.1) is 0 Å². The molecule has 0 amide bonds. The SMILES string of the molecule is Cn1c(-c2ccnc(N)c2)nc2ccccc21. The van der Waals surface area contributed by atoms with Crippen LogP contribution in [0.5, 0.6) is 0 Å².